The van der Waals surface area contributed by atoms with Crippen LogP contribution in [0, 0.1) is 0 Å². The highest BCUT2D eigenvalue weighted by Crippen LogP contribution is 2.12. The fourth-order valence-electron chi connectivity index (χ4n) is 1.89. The molecular weight excluding hydrogens is 388 g/mol. The van der Waals surface area contributed by atoms with Crippen molar-refractivity contribution in [2.24, 2.45) is 5.10 Å². The largest absolute Gasteiger partial charge is 0.482 e. The minimum absolute atomic E-state index is 0.166. The Labute approximate surface area is 154 Å². The molecule has 0 aliphatic carbocycles. The zero-order valence-electron chi connectivity index (χ0n) is 13.6. The van der Waals surface area contributed by atoms with Gasteiger partial charge in [-0.15, -0.1) is 0 Å². The van der Waals surface area contributed by atoms with Gasteiger partial charge in [0.05, 0.1) is 19.7 Å². The molecule has 0 bridgehead atoms. The van der Waals surface area contributed by atoms with Crippen LogP contribution in [0.15, 0.2) is 58.1 Å². The van der Waals surface area contributed by atoms with E-state index in [0.717, 1.165) is 15.6 Å². The summed E-state index contributed by atoms with van der Waals surface area (Å²) in [5.41, 5.74) is 4.10. The first-order valence-corrected chi connectivity index (χ1v) is 8.22. The molecule has 0 atom stereocenters. The number of carbonyl (C=O) groups is 2. The number of methoxy groups -OCH3 is 1. The molecule has 0 aromatic heterocycles. The molecule has 0 spiro atoms. The van der Waals surface area contributed by atoms with Gasteiger partial charge in [0.2, 0.25) is 5.91 Å². The van der Waals surface area contributed by atoms with Gasteiger partial charge in [-0.3, -0.25) is 4.79 Å². The van der Waals surface area contributed by atoms with Gasteiger partial charge in [0.15, 0.2) is 6.61 Å². The average molecular weight is 405 g/mol. The molecule has 2 aromatic carbocycles. The third-order valence-electron chi connectivity index (χ3n) is 3.12. The molecule has 0 unspecified atom stereocenters. The zero-order valence-corrected chi connectivity index (χ0v) is 15.2. The van der Waals surface area contributed by atoms with Gasteiger partial charge < -0.3 is 9.47 Å². The molecule has 0 saturated carbocycles. The predicted octanol–water partition coefficient (Wildman–Crippen LogP) is 2.69. The number of amides is 1. The SMILES string of the molecule is COC(=O)COc1cccc(/C=N\NC(=O)Cc2ccc(Br)cc2)c1. The smallest absolute Gasteiger partial charge is 0.343 e. The summed E-state index contributed by atoms with van der Waals surface area (Å²) in [7, 11) is 1.30. The van der Waals surface area contributed by atoms with Crippen molar-refractivity contribution in [1.82, 2.24) is 5.43 Å². The highest BCUT2D eigenvalue weighted by atomic mass is 79.9. The molecule has 2 aromatic rings. The number of nitrogens with one attached hydrogen (secondary N) is 1. The zero-order chi connectivity index (χ0) is 18.1. The van der Waals surface area contributed by atoms with E-state index in [1.54, 1.807) is 24.3 Å². The third-order valence-corrected chi connectivity index (χ3v) is 3.65. The number of hydrazone groups is 1. The van der Waals surface area contributed by atoms with E-state index in [9.17, 15) is 9.59 Å². The van der Waals surface area contributed by atoms with Crippen LogP contribution in [0.4, 0.5) is 0 Å². The molecule has 0 heterocycles. The Balaban J connectivity index is 1.85. The first kappa shape index (κ1) is 18.7. The number of carbonyl (C=O) groups excluding carboxylic acids is 2. The minimum Gasteiger partial charge on any atom is -0.482 e. The molecule has 6 nitrogen and oxygen atoms in total. The third kappa shape index (κ3) is 6.76. The van der Waals surface area contributed by atoms with Crippen molar-refractivity contribution in [3.05, 3.63) is 64.1 Å². The highest BCUT2D eigenvalue weighted by molar-refractivity contribution is 9.10. The Morgan fingerprint density at radius 1 is 1.20 bits per heavy atom. The highest BCUT2D eigenvalue weighted by Gasteiger charge is 2.03. The fourth-order valence-corrected chi connectivity index (χ4v) is 2.16. The van der Waals surface area contributed by atoms with Crippen LogP contribution in [-0.4, -0.2) is 31.8 Å². The number of halogens is 1. The molecule has 130 valence electrons. The lowest BCUT2D eigenvalue weighted by Crippen LogP contribution is -2.19. The molecule has 1 amide bonds. The van der Waals surface area contributed by atoms with Gasteiger partial charge in [-0.2, -0.15) is 5.10 Å². The van der Waals surface area contributed by atoms with Crippen molar-refractivity contribution < 1.29 is 19.1 Å². The second-order valence-corrected chi connectivity index (χ2v) is 5.95. The Morgan fingerprint density at radius 2 is 1.96 bits per heavy atom. The Morgan fingerprint density at radius 3 is 2.68 bits per heavy atom. The summed E-state index contributed by atoms with van der Waals surface area (Å²) in [5, 5.41) is 3.93. The molecule has 0 aliphatic heterocycles. The number of nitrogens with zero attached hydrogens (tertiary/aromatic N) is 1. The molecule has 0 aliphatic rings. The lowest BCUT2D eigenvalue weighted by atomic mass is 10.1. The molecule has 0 radical (unpaired) electrons. The van der Waals surface area contributed by atoms with Crippen LogP contribution in [0.1, 0.15) is 11.1 Å². The topological polar surface area (TPSA) is 77.0 Å². The summed E-state index contributed by atoms with van der Waals surface area (Å²) in [5.74, 6) is -0.161. The molecule has 0 saturated heterocycles. The van der Waals surface area contributed by atoms with Crippen LogP contribution in [0.3, 0.4) is 0 Å². The minimum atomic E-state index is -0.459. The summed E-state index contributed by atoms with van der Waals surface area (Å²) in [6.07, 6.45) is 1.75. The quantitative estimate of drug-likeness (QED) is 0.437. The van der Waals surface area contributed by atoms with Gasteiger partial charge in [0, 0.05) is 4.47 Å². The van der Waals surface area contributed by atoms with E-state index in [2.05, 4.69) is 31.2 Å². The van der Waals surface area contributed by atoms with Crippen molar-refractivity contribution in [3.8, 4) is 5.75 Å². The van der Waals surface area contributed by atoms with Crippen LogP contribution >= 0.6 is 15.9 Å². The van der Waals surface area contributed by atoms with E-state index in [4.69, 9.17) is 4.74 Å². The van der Waals surface area contributed by atoms with Crippen molar-refractivity contribution in [3.63, 3.8) is 0 Å². The Kier molecular flexibility index (Phi) is 7.16. The number of esters is 1. The van der Waals surface area contributed by atoms with Crippen LogP contribution in [0.5, 0.6) is 5.75 Å². The molecule has 0 fully saturated rings. The summed E-state index contributed by atoms with van der Waals surface area (Å²) in [6.45, 7) is -0.166. The normalized spacial score (nSPS) is 10.5. The van der Waals surface area contributed by atoms with E-state index < -0.39 is 5.97 Å². The number of hydrogen-bond donors (Lipinski definition) is 1. The molecule has 2 rings (SSSR count). The maximum Gasteiger partial charge on any atom is 0.343 e. The van der Waals surface area contributed by atoms with Crippen molar-refractivity contribution in [1.29, 1.82) is 0 Å². The van der Waals surface area contributed by atoms with Crippen LogP contribution < -0.4 is 10.2 Å². The van der Waals surface area contributed by atoms with E-state index in [1.807, 2.05) is 24.3 Å². The van der Waals surface area contributed by atoms with Crippen LogP contribution in [0.2, 0.25) is 0 Å². The summed E-state index contributed by atoms with van der Waals surface area (Å²) < 4.78 is 10.8. The van der Waals surface area contributed by atoms with Gasteiger partial charge in [-0.25, -0.2) is 10.2 Å². The maximum atomic E-state index is 11.9. The number of ether oxygens (including phenoxy) is 2. The second-order valence-electron chi connectivity index (χ2n) is 5.03. The number of hydrogen-bond acceptors (Lipinski definition) is 5. The van der Waals surface area contributed by atoms with Gasteiger partial charge in [-0.05, 0) is 35.4 Å². The molecule has 1 N–H and O–H groups in total. The maximum absolute atomic E-state index is 11.9. The first-order chi connectivity index (χ1) is 12.1. The van der Waals surface area contributed by atoms with E-state index in [0.29, 0.717) is 5.75 Å². The van der Waals surface area contributed by atoms with Crippen LogP contribution in [-0.2, 0) is 20.7 Å². The van der Waals surface area contributed by atoms with Crippen LogP contribution in [0.25, 0.3) is 0 Å². The average Bonchev–Trinajstić information content (AvgIpc) is 2.62. The van der Waals surface area contributed by atoms with Gasteiger partial charge >= 0.3 is 5.97 Å². The standard InChI is InChI=1S/C18H17BrN2O4/c1-24-18(23)12-25-16-4-2-3-14(9-16)11-20-21-17(22)10-13-5-7-15(19)8-6-13/h2-9,11H,10,12H2,1H3,(H,21,22)/b20-11-. The molecule has 7 heteroatoms. The fraction of sp³-hybridized carbons (Fsp3) is 0.167. The Bertz CT molecular complexity index is 760. The summed E-state index contributed by atoms with van der Waals surface area (Å²) >= 11 is 3.35. The van der Waals surface area contributed by atoms with E-state index in [-0.39, 0.29) is 18.9 Å². The van der Waals surface area contributed by atoms with Gasteiger partial charge in [0.25, 0.3) is 0 Å². The lowest BCUT2D eigenvalue weighted by molar-refractivity contribution is -0.142. The van der Waals surface area contributed by atoms with Crippen molar-refractivity contribution in [2.45, 2.75) is 6.42 Å². The number of benzene rings is 2. The Hall–Kier alpha value is -2.67. The monoisotopic (exact) mass is 404 g/mol. The van der Waals surface area contributed by atoms with E-state index in [1.165, 1.54) is 13.3 Å². The second kappa shape index (κ2) is 9.58. The summed E-state index contributed by atoms with van der Waals surface area (Å²) in [6, 6.07) is 14.5. The van der Waals surface area contributed by atoms with Gasteiger partial charge in [-0.1, -0.05) is 40.2 Å². The first-order valence-electron chi connectivity index (χ1n) is 7.43. The van der Waals surface area contributed by atoms with Crippen molar-refractivity contribution >= 4 is 34.0 Å². The van der Waals surface area contributed by atoms with E-state index >= 15 is 0 Å². The number of rotatable bonds is 7. The van der Waals surface area contributed by atoms with Gasteiger partial charge in [0.1, 0.15) is 5.75 Å². The summed E-state index contributed by atoms with van der Waals surface area (Å²) in [4.78, 5) is 22.9. The predicted molar refractivity (Wildman–Crippen MR) is 97.5 cm³/mol. The molecular formula is C18H17BrN2O4. The molecule has 25 heavy (non-hydrogen) atoms. The lowest BCUT2D eigenvalue weighted by Gasteiger charge is -2.05. The van der Waals surface area contributed by atoms with Crippen molar-refractivity contribution in [2.75, 3.05) is 13.7 Å².